The molecule has 0 aromatic carbocycles. The van der Waals surface area contributed by atoms with E-state index in [0.717, 1.165) is 57.8 Å². The van der Waals surface area contributed by atoms with Crippen LogP contribution in [-0.4, -0.2) is 74.5 Å². The molecule has 0 aromatic heterocycles. The molecule has 0 bridgehead atoms. The lowest BCUT2D eigenvalue weighted by atomic mass is 10.0. The van der Waals surface area contributed by atoms with E-state index in [-0.39, 0.29) is 28.9 Å². The van der Waals surface area contributed by atoms with E-state index in [4.69, 9.17) is 10.5 Å². The van der Waals surface area contributed by atoms with E-state index in [9.17, 15) is 14.7 Å². The van der Waals surface area contributed by atoms with Gasteiger partial charge in [0.25, 0.3) is 0 Å². The second-order valence-electron chi connectivity index (χ2n) is 9.69. The lowest BCUT2D eigenvalue weighted by Gasteiger charge is -2.26. The minimum Gasteiger partial charge on any atom is -1.00 e. The number of nitrogens with two attached hydrogens (primary N) is 1. The van der Waals surface area contributed by atoms with Gasteiger partial charge < -0.3 is 42.4 Å². The van der Waals surface area contributed by atoms with Crippen LogP contribution in [0.25, 0.3) is 0 Å². The number of carbonyl (C=O) groups is 2. The summed E-state index contributed by atoms with van der Waals surface area (Å²) in [6, 6.07) is 0. The summed E-state index contributed by atoms with van der Waals surface area (Å²) in [6.45, 7) is 3.47. The number of aliphatic hydroxyl groups excluding tert-OH is 1. The molecule has 0 aromatic rings. The Morgan fingerprint density at radius 2 is 1.70 bits per heavy atom. The zero-order chi connectivity index (χ0) is 24.2. The van der Waals surface area contributed by atoms with Crippen LogP contribution in [0.2, 0.25) is 0 Å². The first-order valence-corrected chi connectivity index (χ1v) is 12.5. The number of unbranched alkanes of at least 4 members (excludes halogenated alkanes) is 7. The smallest absolute Gasteiger partial charge is 0.362 e. The highest BCUT2D eigenvalue weighted by Crippen LogP contribution is 2.15. The summed E-state index contributed by atoms with van der Waals surface area (Å²) in [6.07, 6.45) is 14.3. The van der Waals surface area contributed by atoms with Crippen molar-refractivity contribution in [2.75, 3.05) is 40.8 Å². The topological polar surface area (TPSA) is 102 Å². The maximum atomic E-state index is 12.2. The number of hydrogen-bond acceptors (Lipinski definition) is 5. The predicted octanol–water partition coefficient (Wildman–Crippen LogP) is 0.302. The third-order valence-corrected chi connectivity index (χ3v) is 5.19. The highest BCUT2D eigenvalue weighted by Gasteiger charge is 2.25. The number of quaternary nitrogens is 1. The zero-order valence-electron chi connectivity index (χ0n) is 21.5. The fourth-order valence-electron chi connectivity index (χ4n) is 3.40. The molecule has 0 heterocycles. The predicted molar refractivity (Wildman–Crippen MR) is 131 cm³/mol. The number of amides is 1. The fraction of sp³-hybridized carbons (Fsp3) is 0.840. The second kappa shape index (κ2) is 21.6. The molecule has 2 atom stereocenters. The summed E-state index contributed by atoms with van der Waals surface area (Å²) in [4.78, 5) is 23.7. The number of carbonyl (C=O) groups excluding carboxylic acids is 2. The summed E-state index contributed by atoms with van der Waals surface area (Å²) in [5, 5.41) is 13.4. The van der Waals surface area contributed by atoms with Gasteiger partial charge >= 0.3 is 5.97 Å². The van der Waals surface area contributed by atoms with Gasteiger partial charge in [0.2, 0.25) is 5.91 Å². The molecule has 0 aliphatic carbocycles. The SMILES string of the molecule is CCCCCC(OC(=O)C[N+](C)(C)C)C(O)C/C=C/CCCCCCCC(=O)NCCN.[Br-]. The molecule has 33 heavy (non-hydrogen) atoms. The number of nitrogens with one attached hydrogen (secondary N) is 1. The van der Waals surface area contributed by atoms with E-state index in [1.54, 1.807) is 0 Å². The highest BCUT2D eigenvalue weighted by atomic mass is 79.9. The Labute approximate surface area is 212 Å². The number of rotatable bonds is 20. The molecule has 0 saturated carbocycles. The van der Waals surface area contributed by atoms with Crippen molar-refractivity contribution in [3.63, 3.8) is 0 Å². The Hall–Kier alpha value is -0.960. The Kier molecular flexibility index (Phi) is 22.4. The van der Waals surface area contributed by atoms with E-state index >= 15 is 0 Å². The first-order chi connectivity index (χ1) is 15.2. The zero-order valence-corrected chi connectivity index (χ0v) is 23.1. The van der Waals surface area contributed by atoms with Crippen molar-refractivity contribution in [3.05, 3.63) is 12.2 Å². The van der Waals surface area contributed by atoms with Crippen LogP contribution in [0.3, 0.4) is 0 Å². The minimum atomic E-state index is -0.662. The van der Waals surface area contributed by atoms with Gasteiger partial charge in [0, 0.05) is 19.5 Å². The van der Waals surface area contributed by atoms with Gasteiger partial charge in [-0.25, -0.2) is 4.79 Å². The molecule has 0 aliphatic heterocycles. The Morgan fingerprint density at radius 1 is 1.03 bits per heavy atom. The monoisotopic (exact) mass is 535 g/mol. The van der Waals surface area contributed by atoms with Crippen LogP contribution < -0.4 is 28.0 Å². The van der Waals surface area contributed by atoms with Crippen molar-refractivity contribution < 1.29 is 40.9 Å². The van der Waals surface area contributed by atoms with E-state index < -0.39 is 12.2 Å². The van der Waals surface area contributed by atoms with Gasteiger partial charge in [-0.05, 0) is 38.5 Å². The second-order valence-corrected chi connectivity index (χ2v) is 9.69. The van der Waals surface area contributed by atoms with Crippen LogP contribution in [-0.2, 0) is 14.3 Å². The van der Waals surface area contributed by atoms with Crippen LogP contribution in [0.4, 0.5) is 0 Å². The molecule has 196 valence electrons. The fourth-order valence-corrected chi connectivity index (χ4v) is 3.40. The van der Waals surface area contributed by atoms with Crippen LogP contribution in [0.5, 0.6) is 0 Å². The van der Waals surface area contributed by atoms with Crippen LogP contribution in [0, 0.1) is 0 Å². The van der Waals surface area contributed by atoms with Crippen molar-refractivity contribution in [3.8, 4) is 0 Å². The van der Waals surface area contributed by atoms with E-state index in [1.165, 1.54) is 0 Å². The van der Waals surface area contributed by atoms with Crippen LogP contribution >= 0.6 is 0 Å². The normalized spacial score (nSPS) is 13.4. The Bertz CT molecular complexity index is 524. The first kappa shape index (κ1) is 34.2. The molecular formula is C25H50BrN3O4. The number of ether oxygens (including phenoxy) is 1. The maximum absolute atomic E-state index is 12.2. The standard InChI is InChI=1S/C25H49N3O4.BrH/c1-5-6-13-17-23(32-25(31)21-28(2,3)4)22(29)16-14-11-9-7-8-10-12-15-18-24(30)27-20-19-26;/h11,14,22-23,29H,5-10,12-13,15-21,26H2,1-4H3;1H/b14-11+;. The number of aliphatic hydroxyl groups is 1. The average molecular weight is 537 g/mol. The number of likely N-dealkylation sites (N-methyl/N-ethyl adjacent to an activating group) is 1. The first-order valence-electron chi connectivity index (χ1n) is 12.5. The number of esters is 1. The van der Waals surface area contributed by atoms with Gasteiger partial charge in [0.05, 0.1) is 27.2 Å². The molecular weight excluding hydrogens is 486 g/mol. The molecule has 1 amide bonds. The molecule has 8 heteroatoms. The van der Waals surface area contributed by atoms with Crippen LogP contribution in [0.15, 0.2) is 12.2 Å². The summed E-state index contributed by atoms with van der Waals surface area (Å²) in [5.74, 6) is -0.160. The van der Waals surface area contributed by atoms with Crippen molar-refractivity contribution >= 4 is 11.9 Å². The molecule has 0 aliphatic rings. The number of halogens is 1. The van der Waals surface area contributed by atoms with E-state index in [1.807, 2.05) is 27.2 Å². The molecule has 0 fully saturated rings. The number of nitrogens with zero attached hydrogens (tertiary/aromatic N) is 1. The summed E-state index contributed by atoms with van der Waals surface area (Å²) in [7, 11) is 5.85. The lowest BCUT2D eigenvalue weighted by Crippen LogP contribution is -3.00. The number of hydrogen-bond donors (Lipinski definition) is 3. The molecule has 4 N–H and O–H groups in total. The van der Waals surface area contributed by atoms with Crippen molar-refractivity contribution in [2.24, 2.45) is 5.73 Å². The van der Waals surface area contributed by atoms with Crippen molar-refractivity contribution in [2.45, 2.75) is 96.2 Å². The summed E-state index contributed by atoms with van der Waals surface area (Å²) in [5.41, 5.74) is 5.36. The lowest BCUT2D eigenvalue weighted by molar-refractivity contribution is -0.862. The quantitative estimate of drug-likeness (QED) is 0.0900. The third kappa shape index (κ3) is 22.6. The molecule has 0 spiro atoms. The highest BCUT2D eigenvalue weighted by molar-refractivity contribution is 5.75. The van der Waals surface area contributed by atoms with E-state index in [0.29, 0.717) is 43.4 Å². The van der Waals surface area contributed by atoms with Gasteiger partial charge in [-0.3, -0.25) is 4.79 Å². The van der Waals surface area contributed by atoms with Gasteiger partial charge in [-0.15, -0.1) is 0 Å². The maximum Gasteiger partial charge on any atom is 0.362 e. The van der Waals surface area contributed by atoms with Gasteiger partial charge in [-0.2, -0.15) is 0 Å². The van der Waals surface area contributed by atoms with Gasteiger partial charge in [0.1, 0.15) is 6.10 Å². The van der Waals surface area contributed by atoms with Crippen LogP contribution in [0.1, 0.15) is 84.0 Å². The molecule has 7 nitrogen and oxygen atoms in total. The van der Waals surface area contributed by atoms with Gasteiger partial charge in [0.15, 0.2) is 6.54 Å². The minimum absolute atomic E-state index is 0. The summed E-state index contributed by atoms with van der Waals surface area (Å²) >= 11 is 0. The molecule has 2 unspecified atom stereocenters. The molecule has 0 radical (unpaired) electrons. The number of allylic oxidation sites excluding steroid dienone is 1. The average Bonchev–Trinajstić information content (AvgIpc) is 2.71. The largest absolute Gasteiger partial charge is 1.00 e. The Morgan fingerprint density at radius 3 is 2.33 bits per heavy atom. The third-order valence-electron chi connectivity index (χ3n) is 5.19. The van der Waals surface area contributed by atoms with E-state index in [2.05, 4.69) is 18.3 Å². The summed E-state index contributed by atoms with van der Waals surface area (Å²) < 4.78 is 6.15. The molecule has 0 rings (SSSR count). The van der Waals surface area contributed by atoms with Crippen molar-refractivity contribution in [1.82, 2.24) is 5.32 Å². The van der Waals surface area contributed by atoms with Crippen molar-refractivity contribution in [1.29, 1.82) is 0 Å². The van der Waals surface area contributed by atoms with Gasteiger partial charge in [-0.1, -0.05) is 51.2 Å². The Balaban J connectivity index is 0. The molecule has 0 saturated heterocycles.